The van der Waals surface area contributed by atoms with Gasteiger partial charge in [0.1, 0.15) is 0 Å². The van der Waals surface area contributed by atoms with Crippen LogP contribution in [0.4, 0.5) is 0 Å². The lowest BCUT2D eigenvalue weighted by atomic mass is 10.1. The van der Waals surface area contributed by atoms with Gasteiger partial charge in [0.15, 0.2) is 18.0 Å². The predicted molar refractivity (Wildman–Crippen MR) is 108 cm³/mol. The molecule has 2 N–H and O–H groups in total. The van der Waals surface area contributed by atoms with E-state index in [9.17, 15) is 4.79 Å². The van der Waals surface area contributed by atoms with Crippen LogP contribution in [-0.2, 0) is 11.2 Å². The van der Waals surface area contributed by atoms with Gasteiger partial charge in [-0.3, -0.25) is 4.79 Å². The molecule has 0 bridgehead atoms. The molecule has 0 saturated heterocycles. The zero-order chi connectivity index (χ0) is 19.8. The fourth-order valence-electron chi connectivity index (χ4n) is 2.88. The van der Waals surface area contributed by atoms with Crippen LogP contribution in [0.3, 0.4) is 0 Å². The van der Waals surface area contributed by atoms with Crippen LogP contribution in [0.2, 0.25) is 5.02 Å². The minimum Gasteiger partial charge on any atom is -0.493 e. The molecule has 2 rings (SSSR count). The second-order valence-corrected chi connectivity index (χ2v) is 7.10. The van der Waals surface area contributed by atoms with Gasteiger partial charge in [0.2, 0.25) is 0 Å². The van der Waals surface area contributed by atoms with Gasteiger partial charge in [0, 0.05) is 11.4 Å². The van der Waals surface area contributed by atoms with Gasteiger partial charge in [-0.1, -0.05) is 29.8 Å². The van der Waals surface area contributed by atoms with E-state index < -0.39 is 0 Å². The molecule has 0 fully saturated rings. The molecule has 0 spiro atoms. The molecule has 5 nitrogen and oxygen atoms in total. The van der Waals surface area contributed by atoms with Crippen molar-refractivity contribution in [1.82, 2.24) is 5.32 Å². The van der Waals surface area contributed by atoms with E-state index in [0.717, 1.165) is 40.5 Å². The fourth-order valence-corrected chi connectivity index (χ4v) is 3.01. The van der Waals surface area contributed by atoms with E-state index in [4.69, 9.17) is 21.1 Å². The number of halogens is 1. The minimum absolute atomic E-state index is 0.0299. The van der Waals surface area contributed by atoms with Gasteiger partial charge < -0.3 is 19.7 Å². The summed E-state index contributed by atoms with van der Waals surface area (Å²) in [6.07, 6.45) is 0.853. The Morgan fingerprint density at radius 1 is 1.11 bits per heavy atom. The van der Waals surface area contributed by atoms with E-state index in [1.807, 2.05) is 56.4 Å². The molecule has 0 aliphatic rings. The summed E-state index contributed by atoms with van der Waals surface area (Å²) >= 11 is 5.91. The number of benzene rings is 2. The normalized spacial score (nSPS) is 12.9. The van der Waals surface area contributed by atoms with Gasteiger partial charge in [-0.25, -0.2) is 0 Å². The summed E-state index contributed by atoms with van der Waals surface area (Å²) in [4.78, 5) is 13.4. The van der Waals surface area contributed by atoms with Crippen LogP contribution >= 0.6 is 11.6 Å². The monoisotopic (exact) mass is 391 g/mol. The lowest BCUT2D eigenvalue weighted by Gasteiger charge is -2.18. The Hall–Kier alpha value is -2.24. The second kappa shape index (κ2) is 10.2. The van der Waals surface area contributed by atoms with Crippen LogP contribution in [0.5, 0.6) is 11.5 Å². The van der Waals surface area contributed by atoms with Gasteiger partial charge in [0.25, 0.3) is 5.91 Å². The summed E-state index contributed by atoms with van der Waals surface area (Å²) in [7, 11) is 5.28. The van der Waals surface area contributed by atoms with Gasteiger partial charge in [-0.05, 0) is 42.3 Å². The summed E-state index contributed by atoms with van der Waals surface area (Å²) < 4.78 is 10.6. The van der Waals surface area contributed by atoms with Gasteiger partial charge in [0.05, 0.1) is 33.9 Å². The maximum atomic E-state index is 12.3. The van der Waals surface area contributed by atoms with Gasteiger partial charge in [-0.15, -0.1) is 0 Å². The smallest absolute Gasteiger partial charge is 0.275 e. The molecular weight excluding hydrogens is 364 g/mol. The highest BCUT2D eigenvalue weighted by molar-refractivity contribution is 6.30. The average molecular weight is 392 g/mol. The third-order valence-electron chi connectivity index (χ3n) is 4.50. The molecule has 6 heteroatoms. The van der Waals surface area contributed by atoms with Crippen molar-refractivity contribution in [3.8, 4) is 11.5 Å². The number of amides is 1. The Kier molecular flexibility index (Phi) is 7.95. The van der Waals surface area contributed by atoms with Crippen LogP contribution in [-0.4, -0.2) is 40.3 Å². The van der Waals surface area contributed by atoms with E-state index in [1.165, 1.54) is 0 Å². The maximum absolute atomic E-state index is 12.3. The lowest BCUT2D eigenvalue weighted by molar-refractivity contribution is -0.871. The number of methoxy groups -OCH3 is 2. The van der Waals surface area contributed by atoms with Gasteiger partial charge in [-0.2, -0.15) is 0 Å². The molecule has 0 radical (unpaired) electrons. The number of quaternary nitrogens is 1. The van der Waals surface area contributed by atoms with Gasteiger partial charge >= 0.3 is 0 Å². The molecule has 2 aromatic rings. The summed E-state index contributed by atoms with van der Waals surface area (Å²) in [5.74, 6) is 1.47. The molecule has 0 saturated carbocycles. The molecule has 2 aromatic carbocycles. The standard InChI is InChI=1S/C21H27ClN2O3/c1-15(17-6-8-18(22)9-7-17)23-21(25)14-24(2)12-11-16-5-10-19(26-3)20(13-16)27-4/h5-10,13,15H,11-12,14H2,1-4H3,(H,23,25)/p+1/t15-/m1/s1. The average Bonchev–Trinajstić information content (AvgIpc) is 2.66. The molecule has 1 unspecified atom stereocenters. The number of ether oxygens (including phenoxy) is 2. The molecule has 2 atom stereocenters. The Labute approximate surface area is 166 Å². The molecule has 0 aliphatic carbocycles. The molecular formula is C21H28ClN2O3+. The van der Waals surface area contributed by atoms with Crippen LogP contribution in [0.1, 0.15) is 24.1 Å². The van der Waals surface area contributed by atoms with Crippen molar-refractivity contribution in [3.63, 3.8) is 0 Å². The topological polar surface area (TPSA) is 52.0 Å². The highest BCUT2D eigenvalue weighted by Gasteiger charge is 2.14. The Morgan fingerprint density at radius 3 is 2.41 bits per heavy atom. The van der Waals surface area contributed by atoms with Crippen molar-refractivity contribution in [2.75, 3.05) is 34.4 Å². The number of carbonyl (C=O) groups excluding carboxylic acids is 1. The zero-order valence-corrected chi connectivity index (χ0v) is 17.1. The maximum Gasteiger partial charge on any atom is 0.275 e. The van der Waals surface area contributed by atoms with E-state index in [2.05, 4.69) is 5.32 Å². The third kappa shape index (κ3) is 6.45. The van der Waals surface area contributed by atoms with Crippen molar-refractivity contribution in [2.45, 2.75) is 19.4 Å². The number of rotatable bonds is 9. The summed E-state index contributed by atoms with van der Waals surface area (Å²) in [5, 5.41) is 3.73. The Balaban J connectivity index is 1.81. The molecule has 0 aromatic heterocycles. The zero-order valence-electron chi connectivity index (χ0n) is 16.3. The summed E-state index contributed by atoms with van der Waals surface area (Å²) in [5.41, 5.74) is 2.19. The number of likely N-dealkylation sites (N-methyl/N-ethyl adjacent to an activating group) is 1. The van der Waals surface area contributed by atoms with Crippen LogP contribution in [0.15, 0.2) is 42.5 Å². The second-order valence-electron chi connectivity index (χ2n) is 6.66. The Morgan fingerprint density at radius 2 is 1.78 bits per heavy atom. The predicted octanol–water partition coefficient (Wildman–Crippen LogP) is 2.29. The third-order valence-corrected chi connectivity index (χ3v) is 4.75. The largest absolute Gasteiger partial charge is 0.493 e. The lowest BCUT2D eigenvalue weighted by Crippen LogP contribution is -3.10. The first-order chi connectivity index (χ1) is 12.9. The fraction of sp³-hybridized carbons (Fsp3) is 0.381. The van der Waals surface area contributed by atoms with Crippen LogP contribution in [0, 0.1) is 0 Å². The minimum atomic E-state index is -0.0478. The first kappa shape index (κ1) is 21.1. The molecule has 146 valence electrons. The van der Waals surface area contributed by atoms with Crippen LogP contribution < -0.4 is 19.7 Å². The molecule has 0 aliphatic heterocycles. The van der Waals surface area contributed by atoms with Crippen molar-refractivity contribution in [3.05, 3.63) is 58.6 Å². The number of hydrogen-bond acceptors (Lipinski definition) is 3. The van der Waals surface area contributed by atoms with Crippen molar-refractivity contribution < 1.29 is 19.2 Å². The van der Waals surface area contributed by atoms with E-state index in [0.29, 0.717) is 11.6 Å². The number of carbonyl (C=O) groups is 1. The molecule has 1 amide bonds. The Bertz CT molecular complexity index is 750. The number of nitrogens with one attached hydrogen (secondary N) is 2. The SMILES string of the molecule is COc1ccc(CC[NH+](C)CC(=O)N[C@H](C)c2ccc(Cl)cc2)cc1OC. The van der Waals surface area contributed by atoms with Crippen molar-refractivity contribution in [1.29, 1.82) is 0 Å². The number of hydrogen-bond donors (Lipinski definition) is 2. The van der Waals surface area contributed by atoms with E-state index in [1.54, 1.807) is 14.2 Å². The highest BCUT2D eigenvalue weighted by Crippen LogP contribution is 2.27. The molecule has 0 heterocycles. The highest BCUT2D eigenvalue weighted by atomic mass is 35.5. The molecule has 27 heavy (non-hydrogen) atoms. The first-order valence-electron chi connectivity index (χ1n) is 9.00. The van der Waals surface area contributed by atoms with Crippen molar-refractivity contribution in [2.24, 2.45) is 0 Å². The summed E-state index contributed by atoms with van der Waals surface area (Å²) in [6.45, 7) is 3.24. The van der Waals surface area contributed by atoms with Crippen LogP contribution in [0.25, 0.3) is 0 Å². The quantitative estimate of drug-likeness (QED) is 0.689. The van der Waals surface area contributed by atoms with E-state index in [-0.39, 0.29) is 11.9 Å². The first-order valence-corrected chi connectivity index (χ1v) is 9.37. The van der Waals surface area contributed by atoms with Crippen molar-refractivity contribution >= 4 is 17.5 Å². The van der Waals surface area contributed by atoms with E-state index >= 15 is 0 Å². The summed E-state index contributed by atoms with van der Waals surface area (Å²) in [6, 6.07) is 13.4.